The van der Waals surface area contributed by atoms with Crippen molar-refractivity contribution >= 4 is 22.9 Å². The zero-order valence-corrected chi connectivity index (χ0v) is 19.4. The lowest BCUT2D eigenvalue weighted by Gasteiger charge is -2.37. The van der Waals surface area contributed by atoms with E-state index in [-0.39, 0.29) is 6.04 Å². The number of rotatable bonds is 7. The van der Waals surface area contributed by atoms with Gasteiger partial charge in [-0.1, -0.05) is 48.5 Å². The molecule has 1 atom stereocenters. The molecule has 0 spiro atoms. The van der Waals surface area contributed by atoms with Crippen LogP contribution in [0.2, 0.25) is 0 Å². The Kier molecular flexibility index (Phi) is 6.41. The van der Waals surface area contributed by atoms with Crippen molar-refractivity contribution in [1.29, 1.82) is 0 Å². The summed E-state index contributed by atoms with van der Waals surface area (Å²) in [6.07, 6.45) is 0.951. The average molecular weight is 451 g/mol. The molecule has 0 saturated carbocycles. The number of thiocarbonyl (C=S) groups is 1. The van der Waals surface area contributed by atoms with E-state index in [0.717, 1.165) is 35.4 Å². The molecule has 0 bridgehead atoms. The quantitative estimate of drug-likeness (QED) is 0.514. The maximum atomic E-state index is 5.76. The van der Waals surface area contributed by atoms with E-state index in [0.29, 0.717) is 28.3 Å². The van der Waals surface area contributed by atoms with E-state index in [4.69, 9.17) is 31.2 Å². The molecule has 0 radical (unpaired) electrons. The molecule has 1 unspecified atom stereocenters. The topological polar surface area (TPSA) is 72.7 Å². The molecule has 2 heterocycles. The van der Waals surface area contributed by atoms with E-state index in [1.54, 1.807) is 14.2 Å². The molecule has 0 fully saturated rings. The minimum atomic E-state index is -0.278. The normalized spacial score (nSPS) is 16.2. The maximum absolute atomic E-state index is 5.76. The first-order chi connectivity index (χ1) is 15.6. The summed E-state index contributed by atoms with van der Waals surface area (Å²) in [6, 6.07) is 15.3. The molecule has 4 rings (SSSR count). The van der Waals surface area contributed by atoms with Gasteiger partial charge in [0.1, 0.15) is 0 Å². The van der Waals surface area contributed by atoms with Gasteiger partial charge in [-0.15, -0.1) is 0 Å². The number of hydrogen-bond donors (Lipinski definition) is 1. The molecule has 1 N–H and O–H groups in total. The van der Waals surface area contributed by atoms with Gasteiger partial charge in [0.05, 0.1) is 25.8 Å². The highest BCUT2D eigenvalue weighted by atomic mass is 32.1. The van der Waals surface area contributed by atoms with E-state index < -0.39 is 0 Å². The summed E-state index contributed by atoms with van der Waals surface area (Å²) in [6.45, 7) is 4.95. The highest BCUT2D eigenvalue weighted by molar-refractivity contribution is 7.80. The second-order valence-electron chi connectivity index (χ2n) is 7.44. The largest absolute Gasteiger partial charge is 0.493 e. The minimum Gasteiger partial charge on any atom is -0.493 e. The Morgan fingerprint density at radius 1 is 1.09 bits per heavy atom. The van der Waals surface area contributed by atoms with Gasteiger partial charge in [-0.25, -0.2) is 0 Å². The summed E-state index contributed by atoms with van der Waals surface area (Å²) >= 11 is 5.70. The van der Waals surface area contributed by atoms with Crippen molar-refractivity contribution < 1.29 is 14.0 Å². The minimum absolute atomic E-state index is 0.278. The van der Waals surface area contributed by atoms with Crippen molar-refractivity contribution in [2.75, 3.05) is 20.8 Å². The Labute approximate surface area is 193 Å². The predicted octanol–water partition coefficient (Wildman–Crippen LogP) is 4.83. The fraction of sp³-hybridized carbons (Fsp3) is 0.292. The molecule has 7 nitrogen and oxygen atoms in total. The number of ether oxygens (including phenoxy) is 2. The van der Waals surface area contributed by atoms with Gasteiger partial charge < -0.3 is 24.2 Å². The van der Waals surface area contributed by atoms with Crippen LogP contribution in [0, 0.1) is 0 Å². The molecule has 1 aliphatic heterocycles. The van der Waals surface area contributed by atoms with Crippen molar-refractivity contribution in [2.45, 2.75) is 26.3 Å². The van der Waals surface area contributed by atoms with Crippen molar-refractivity contribution in [2.24, 2.45) is 0 Å². The molecule has 32 heavy (non-hydrogen) atoms. The van der Waals surface area contributed by atoms with Crippen LogP contribution < -0.4 is 14.8 Å². The molecular weight excluding hydrogens is 424 g/mol. The van der Waals surface area contributed by atoms with Crippen LogP contribution in [0.3, 0.4) is 0 Å². The number of methoxy groups -OCH3 is 2. The molecule has 0 saturated heterocycles. The van der Waals surface area contributed by atoms with E-state index in [1.807, 2.05) is 55.5 Å². The van der Waals surface area contributed by atoms with E-state index in [9.17, 15) is 0 Å². The van der Waals surface area contributed by atoms with Gasteiger partial charge in [0.25, 0.3) is 5.89 Å². The van der Waals surface area contributed by atoms with Crippen LogP contribution in [0.15, 0.2) is 58.8 Å². The van der Waals surface area contributed by atoms with Crippen LogP contribution in [0.1, 0.15) is 37.8 Å². The Balaban J connectivity index is 1.83. The van der Waals surface area contributed by atoms with Crippen molar-refractivity contribution in [3.05, 3.63) is 65.7 Å². The lowest BCUT2D eigenvalue weighted by Crippen LogP contribution is -2.46. The molecule has 0 aliphatic carbocycles. The first-order valence-corrected chi connectivity index (χ1v) is 10.9. The Morgan fingerprint density at radius 3 is 2.53 bits per heavy atom. The summed E-state index contributed by atoms with van der Waals surface area (Å²) in [5.41, 5.74) is 3.72. The molecule has 1 aliphatic rings. The number of hydrogen-bond acceptors (Lipinski definition) is 6. The third-order valence-electron chi connectivity index (χ3n) is 5.47. The third kappa shape index (κ3) is 4.05. The van der Waals surface area contributed by atoms with Crippen molar-refractivity contribution in [3.8, 4) is 22.9 Å². The maximum Gasteiger partial charge on any atom is 0.258 e. The molecule has 0 amide bonds. The predicted molar refractivity (Wildman–Crippen MR) is 127 cm³/mol. The summed E-state index contributed by atoms with van der Waals surface area (Å²) in [5, 5.41) is 8.35. The van der Waals surface area contributed by atoms with Crippen molar-refractivity contribution in [1.82, 2.24) is 20.4 Å². The zero-order chi connectivity index (χ0) is 22.7. The van der Waals surface area contributed by atoms with Gasteiger partial charge >= 0.3 is 0 Å². The number of allylic oxidation sites excluding steroid dienone is 1. The highest BCUT2D eigenvalue weighted by Gasteiger charge is 2.34. The number of benzene rings is 2. The Bertz CT molecular complexity index is 1140. The van der Waals surface area contributed by atoms with Gasteiger partial charge in [-0.2, -0.15) is 4.98 Å². The van der Waals surface area contributed by atoms with Crippen LogP contribution in [-0.2, 0) is 0 Å². The number of aromatic nitrogens is 2. The zero-order valence-electron chi connectivity index (χ0n) is 18.6. The molecular formula is C24H26N4O3S. The summed E-state index contributed by atoms with van der Waals surface area (Å²) in [7, 11) is 3.24. The van der Waals surface area contributed by atoms with Crippen molar-refractivity contribution in [3.63, 3.8) is 0 Å². The number of nitrogens with one attached hydrogen (secondary N) is 1. The van der Waals surface area contributed by atoms with Gasteiger partial charge in [-0.3, -0.25) is 0 Å². The van der Waals surface area contributed by atoms with Gasteiger partial charge in [0.2, 0.25) is 5.82 Å². The summed E-state index contributed by atoms with van der Waals surface area (Å²) < 4.78 is 16.7. The average Bonchev–Trinajstić information content (AvgIpc) is 3.31. The molecule has 3 aromatic rings. The second kappa shape index (κ2) is 9.40. The molecule has 8 heteroatoms. The second-order valence-corrected chi connectivity index (χ2v) is 7.82. The van der Waals surface area contributed by atoms with Crippen LogP contribution in [-0.4, -0.2) is 40.9 Å². The van der Waals surface area contributed by atoms with Crippen LogP contribution in [0.5, 0.6) is 11.5 Å². The third-order valence-corrected chi connectivity index (χ3v) is 5.81. The molecule has 2 aromatic carbocycles. The van der Waals surface area contributed by atoms with E-state index in [2.05, 4.69) is 22.3 Å². The van der Waals surface area contributed by atoms with Crippen LogP contribution in [0.4, 0.5) is 0 Å². The SMILES string of the molecule is CCCN1C(=S)NC(c2ccc(OC)c(OC)c2)C(c2nc(-c3ccccc3)no2)=C1C. The van der Waals surface area contributed by atoms with Crippen LogP contribution >= 0.6 is 12.2 Å². The Morgan fingerprint density at radius 2 is 1.84 bits per heavy atom. The van der Waals surface area contributed by atoms with Gasteiger partial charge in [-0.05, 0) is 43.3 Å². The molecule has 166 valence electrons. The van der Waals surface area contributed by atoms with E-state index in [1.165, 1.54) is 0 Å². The Hall–Kier alpha value is -3.39. The molecule has 1 aromatic heterocycles. The monoisotopic (exact) mass is 450 g/mol. The summed E-state index contributed by atoms with van der Waals surface area (Å²) in [5.74, 6) is 2.30. The smallest absolute Gasteiger partial charge is 0.258 e. The van der Waals surface area contributed by atoms with Gasteiger partial charge in [0, 0.05) is 17.8 Å². The van der Waals surface area contributed by atoms with Crippen LogP contribution in [0.25, 0.3) is 17.0 Å². The fourth-order valence-corrected chi connectivity index (χ4v) is 4.22. The summed E-state index contributed by atoms with van der Waals surface area (Å²) in [4.78, 5) is 6.80. The van der Waals surface area contributed by atoms with Gasteiger partial charge in [0.15, 0.2) is 16.6 Å². The highest BCUT2D eigenvalue weighted by Crippen LogP contribution is 2.40. The first kappa shape index (κ1) is 21.8. The standard InChI is InChI=1S/C24H26N4O3S/c1-5-13-28-15(2)20(23-26-22(27-31-23)16-9-7-6-8-10-16)21(25-24(28)32)17-11-12-18(29-3)19(14-17)30-4/h6-12,14,21H,5,13H2,1-4H3,(H,25,32). The number of nitrogens with zero attached hydrogens (tertiary/aromatic N) is 3. The lowest BCUT2D eigenvalue weighted by atomic mass is 9.94. The van der Waals surface area contributed by atoms with E-state index >= 15 is 0 Å². The fourth-order valence-electron chi connectivity index (χ4n) is 3.87. The lowest BCUT2D eigenvalue weighted by molar-refractivity contribution is 0.354. The first-order valence-electron chi connectivity index (χ1n) is 10.5.